The molecular weight excluding hydrogens is 200 g/mol. The van der Waals surface area contributed by atoms with E-state index in [-0.39, 0.29) is 5.91 Å². The second-order valence-corrected chi connectivity index (χ2v) is 4.12. The van der Waals surface area contributed by atoms with Crippen LogP contribution in [-0.2, 0) is 11.2 Å². The lowest BCUT2D eigenvalue weighted by molar-refractivity contribution is -0.128. The minimum Gasteiger partial charge on any atom is -0.273 e. The number of benzene rings is 1. The molecule has 1 aromatic rings. The summed E-state index contributed by atoms with van der Waals surface area (Å²) in [5.41, 5.74) is 2.24. The van der Waals surface area contributed by atoms with E-state index in [1.54, 1.807) is 5.01 Å². The van der Waals surface area contributed by atoms with Crippen LogP contribution in [0.25, 0.3) is 0 Å². The molecule has 3 nitrogen and oxygen atoms in total. The molecule has 0 radical (unpaired) electrons. The molecule has 0 unspecified atom stereocenters. The van der Waals surface area contributed by atoms with Gasteiger partial charge in [-0.05, 0) is 25.3 Å². The summed E-state index contributed by atoms with van der Waals surface area (Å²) in [6, 6.07) is 10.3. The van der Waals surface area contributed by atoms with Crippen molar-refractivity contribution >= 4 is 11.6 Å². The van der Waals surface area contributed by atoms with E-state index in [9.17, 15) is 4.79 Å². The highest BCUT2D eigenvalue weighted by atomic mass is 16.2. The molecule has 3 heteroatoms. The van der Waals surface area contributed by atoms with Crippen molar-refractivity contribution in [2.75, 3.05) is 6.54 Å². The number of hydrazone groups is 1. The van der Waals surface area contributed by atoms with Crippen LogP contribution in [0.2, 0.25) is 0 Å². The molecule has 1 aliphatic rings. The van der Waals surface area contributed by atoms with E-state index in [2.05, 4.69) is 17.2 Å². The summed E-state index contributed by atoms with van der Waals surface area (Å²) in [4.78, 5) is 11.4. The van der Waals surface area contributed by atoms with Gasteiger partial charge in [0.1, 0.15) is 0 Å². The summed E-state index contributed by atoms with van der Waals surface area (Å²) < 4.78 is 0. The van der Waals surface area contributed by atoms with Crippen LogP contribution in [-0.4, -0.2) is 23.2 Å². The van der Waals surface area contributed by atoms with Gasteiger partial charge in [-0.3, -0.25) is 4.79 Å². The van der Waals surface area contributed by atoms with Crippen LogP contribution < -0.4 is 0 Å². The van der Waals surface area contributed by atoms with Crippen molar-refractivity contribution in [2.45, 2.75) is 26.2 Å². The summed E-state index contributed by atoms with van der Waals surface area (Å²) in [7, 11) is 0. The third-order valence-electron chi connectivity index (χ3n) is 2.66. The Labute approximate surface area is 95.8 Å². The number of hydrogen-bond acceptors (Lipinski definition) is 2. The molecule has 0 bridgehead atoms. The third-order valence-corrected chi connectivity index (χ3v) is 2.66. The average molecular weight is 216 g/mol. The van der Waals surface area contributed by atoms with Crippen LogP contribution in [0.15, 0.2) is 35.4 Å². The van der Waals surface area contributed by atoms with Gasteiger partial charge >= 0.3 is 0 Å². The van der Waals surface area contributed by atoms with Crippen LogP contribution in [0, 0.1) is 0 Å². The van der Waals surface area contributed by atoms with Crippen LogP contribution >= 0.6 is 0 Å². The van der Waals surface area contributed by atoms with E-state index in [4.69, 9.17) is 0 Å². The Morgan fingerprint density at radius 3 is 2.69 bits per heavy atom. The lowest BCUT2D eigenvalue weighted by Crippen LogP contribution is -2.22. The minimum absolute atomic E-state index is 0.130. The number of rotatable bonds is 4. The van der Waals surface area contributed by atoms with Gasteiger partial charge in [-0.2, -0.15) is 5.10 Å². The lowest BCUT2D eigenvalue weighted by atomic mass is 10.1. The van der Waals surface area contributed by atoms with Crippen molar-refractivity contribution in [1.82, 2.24) is 5.01 Å². The number of hydrogen-bond donors (Lipinski definition) is 0. The van der Waals surface area contributed by atoms with Gasteiger partial charge in [-0.1, -0.05) is 30.3 Å². The highest BCUT2D eigenvalue weighted by Crippen LogP contribution is 2.10. The van der Waals surface area contributed by atoms with Gasteiger partial charge in [0, 0.05) is 12.3 Å². The molecule has 0 N–H and O–H groups in total. The minimum atomic E-state index is 0.130. The Balaban J connectivity index is 1.79. The summed E-state index contributed by atoms with van der Waals surface area (Å²) in [6.07, 6.45) is 2.46. The van der Waals surface area contributed by atoms with Crippen LogP contribution in [0.3, 0.4) is 0 Å². The molecule has 16 heavy (non-hydrogen) atoms. The second-order valence-electron chi connectivity index (χ2n) is 4.12. The number of nitrogens with zero attached hydrogens (tertiary/aromatic N) is 2. The van der Waals surface area contributed by atoms with E-state index < -0.39 is 0 Å². The first-order chi connectivity index (χ1) is 7.75. The Morgan fingerprint density at radius 2 is 2.06 bits per heavy atom. The van der Waals surface area contributed by atoms with Crippen LogP contribution in [0.4, 0.5) is 0 Å². The van der Waals surface area contributed by atoms with E-state index >= 15 is 0 Å². The fraction of sp³-hybridized carbons (Fsp3) is 0.385. The molecule has 1 aromatic carbocycles. The molecule has 0 spiro atoms. The van der Waals surface area contributed by atoms with E-state index in [0.29, 0.717) is 6.42 Å². The van der Waals surface area contributed by atoms with Crippen LogP contribution in [0.1, 0.15) is 25.3 Å². The van der Waals surface area contributed by atoms with Crippen molar-refractivity contribution in [2.24, 2.45) is 5.10 Å². The van der Waals surface area contributed by atoms with E-state index in [1.165, 1.54) is 5.56 Å². The van der Waals surface area contributed by atoms with Gasteiger partial charge in [0.25, 0.3) is 0 Å². The van der Waals surface area contributed by atoms with Crippen LogP contribution in [0.5, 0.6) is 0 Å². The number of carbonyl (C=O) groups excluding carboxylic acids is 1. The van der Waals surface area contributed by atoms with Crippen molar-refractivity contribution < 1.29 is 4.79 Å². The lowest BCUT2D eigenvalue weighted by Gasteiger charge is -2.11. The molecule has 1 amide bonds. The largest absolute Gasteiger partial charge is 0.273 e. The maximum absolute atomic E-state index is 11.4. The topological polar surface area (TPSA) is 32.7 Å². The summed E-state index contributed by atoms with van der Waals surface area (Å²) in [5, 5.41) is 5.80. The average Bonchev–Trinajstić information content (AvgIpc) is 2.59. The first-order valence-corrected chi connectivity index (χ1v) is 5.64. The van der Waals surface area contributed by atoms with Crippen molar-refractivity contribution in [3.8, 4) is 0 Å². The molecule has 0 saturated heterocycles. The molecule has 1 aliphatic heterocycles. The zero-order valence-electron chi connectivity index (χ0n) is 9.52. The fourth-order valence-electron chi connectivity index (χ4n) is 1.86. The summed E-state index contributed by atoms with van der Waals surface area (Å²) in [6.45, 7) is 2.63. The van der Waals surface area contributed by atoms with Crippen molar-refractivity contribution in [1.29, 1.82) is 0 Å². The molecule has 2 rings (SSSR count). The predicted octanol–water partition coefficient (Wildman–Crippen LogP) is 2.23. The monoisotopic (exact) mass is 216 g/mol. The molecule has 0 saturated carbocycles. The van der Waals surface area contributed by atoms with Gasteiger partial charge in [0.2, 0.25) is 5.91 Å². The Kier molecular flexibility index (Phi) is 3.34. The highest BCUT2D eigenvalue weighted by Gasteiger charge is 2.19. The smallest absolute Gasteiger partial charge is 0.248 e. The molecule has 0 atom stereocenters. The SMILES string of the molecule is CC1=NN(CCCc2ccccc2)C(=O)C1. The second kappa shape index (κ2) is 4.92. The quantitative estimate of drug-likeness (QED) is 0.759. The number of carbonyl (C=O) groups is 1. The highest BCUT2D eigenvalue weighted by molar-refractivity contribution is 6.03. The number of amides is 1. The normalized spacial score (nSPS) is 15.4. The third kappa shape index (κ3) is 2.69. The zero-order chi connectivity index (χ0) is 11.4. The Morgan fingerprint density at radius 1 is 1.31 bits per heavy atom. The Hall–Kier alpha value is -1.64. The van der Waals surface area contributed by atoms with Gasteiger partial charge in [0.15, 0.2) is 0 Å². The summed E-state index contributed by atoms with van der Waals surface area (Å²) >= 11 is 0. The van der Waals surface area contributed by atoms with Gasteiger partial charge in [0.05, 0.1) is 6.42 Å². The molecule has 84 valence electrons. The van der Waals surface area contributed by atoms with E-state index in [0.717, 1.165) is 25.1 Å². The fourth-order valence-corrected chi connectivity index (χ4v) is 1.86. The Bertz CT molecular complexity index is 398. The molecule has 0 aliphatic carbocycles. The maximum Gasteiger partial charge on any atom is 0.248 e. The predicted molar refractivity (Wildman–Crippen MR) is 64.2 cm³/mol. The van der Waals surface area contributed by atoms with Gasteiger partial charge in [-0.15, -0.1) is 0 Å². The van der Waals surface area contributed by atoms with Gasteiger partial charge < -0.3 is 0 Å². The molecule has 0 aromatic heterocycles. The van der Waals surface area contributed by atoms with Crippen molar-refractivity contribution in [3.05, 3.63) is 35.9 Å². The van der Waals surface area contributed by atoms with E-state index in [1.807, 2.05) is 25.1 Å². The standard InChI is InChI=1S/C13H16N2O/c1-11-10-13(16)15(14-11)9-5-8-12-6-3-2-4-7-12/h2-4,6-7H,5,8-10H2,1H3. The molecule has 1 heterocycles. The maximum atomic E-state index is 11.4. The summed E-state index contributed by atoms with van der Waals surface area (Å²) in [5.74, 6) is 0.130. The van der Waals surface area contributed by atoms with Gasteiger partial charge in [-0.25, -0.2) is 5.01 Å². The van der Waals surface area contributed by atoms with Crippen molar-refractivity contribution in [3.63, 3.8) is 0 Å². The number of aryl methyl sites for hydroxylation is 1. The first kappa shape index (κ1) is 10.9. The molecule has 0 fully saturated rings. The zero-order valence-corrected chi connectivity index (χ0v) is 9.52. The first-order valence-electron chi connectivity index (χ1n) is 5.64. The molecular formula is C13H16N2O.